The largest absolute Gasteiger partial charge is 0.489 e. The number of rotatable bonds is 5. The Morgan fingerprint density at radius 3 is 2.55 bits per heavy atom. The van der Waals surface area contributed by atoms with Gasteiger partial charge in [-0.2, -0.15) is 0 Å². The number of amides is 1. The van der Waals surface area contributed by atoms with E-state index in [9.17, 15) is 9.18 Å². The maximum absolute atomic E-state index is 13.3. The summed E-state index contributed by atoms with van der Waals surface area (Å²) in [5, 5.41) is 3.10. The van der Waals surface area contributed by atoms with E-state index in [1.54, 1.807) is 6.08 Å². The van der Waals surface area contributed by atoms with Gasteiger partial charge in [0, 0.05) is 0 Å². The van der Waals surface area contributed by atoms with Gasteiger partial charge in [0.2, 0.25) is 0 Å². The molecule has 0 aliphatic carbocycles. The number of nitrogens with one attached hydrogen (secondary N) is 1. The molecule has 1 N–H and O–H groups in total. The summed E-state index contributed by atoms with van der Waals surface area (Å²) in [7, 11) is 0. The molecule has 3 aromatic carbocycles. The lowest BCUT2D eigenvalue weighted by atomic mass is 10.1. The maximum atomic E-state index is 13.3. The van der Waals surface area contributed by atoms with Gasteiger partial charge >= 0.3 is 0 Å². The van der Waals surface area contributed by atoms with Gasteiger partial charge in [-0.25, -0.2) is 9.38 Å². The summed E-state index contributed by atoms with van der Waals surface area (Å²) in [5.74, 6) is -0.000970. The third kappa shape index (κ3) is 5.54. The van der Waals surface area contributed by atoms with E-state index in [1.807, 2.05) is 43.3 Å². The Hall–Kier alpha value is -3.09. The highest BCUT2D eigenvalue weighted by molar-refractivity contribution is 8.18. The third-order valence-electron chi connectivity index (χ3n) is 4.49. The molecule has 1 aliphatic rings. The monoisotopic (exact) mass is 452 g/mol. The van der Waals surface area contributed by atoms with E-state index in [2.05, 4.69) is 22.4 Å². The van der Waals surface area contributed by atoms with Gasteiger partial charge in [-0.15, -0.1) is 0 Å². The van der Waals surface area contributed by atoms with Gasteiger partial charge in [0.25, 0.3) is 5.91 Å². The van der Waals surface area contributed by atoms with Crippen LogP contribution in [-0.2, 0) is 11.4 Å². The SMILES string of the molecule is Cc1ccc(COc2ccc(C=C3SC(=Nc4ccc(F)c(Cl)c4)NC3=O)cc2)cc1. The van der Waals surface area contributed by atoms with E-state index >= 15 is 0 Å². The predicted molar refractivity (Wildman–Crippen MR) is 124 cm³/mol. The number of benzene rings is 3. The van der Waals surface area contributed by atoms with Crippen molar-refractivity contribution in [3.05, 3.63) is 99.2 Å². The van der Waals surface area contributed by atoms with Crippen LogP contribution in [0.2, 0.25) is 5.02 Å². The average molecular weight is 453 g/mol. The number of ether oxygens (including phenoxy) is 1. The zero-order valence-electron chi connectivity index (χ0n) is 16.6. The topological polar surface area (TPSA) is 50.7 Å². The summed E-state index contributed by atoms with van der Waals surface area (Å²) >= 11 is 6.99. The highest BCUT2D eigenvalue weighted by Crippen LogP contribution is 2.29. The molecule has 156 valence electrons. The van der Waals surface area contributed by atoms with Crippen molar-refractivity contribution in [3.63, 3.8) is 0 Å². The number of hydrogen-bond acceptors (Lipinski definition) is 4. The summed E-state index contributed by atoms with van der Waals surface area (Å²) in [6, 6.07) is 19.9. The molecule has 31 heavy (non-hydrogen) atoms. The second-order valence-corrected chi connectivity index (χ2v) is 8.36. The molecule has 4 rings (SSSR count). The Balaban J connectivity index is 1.41. The summed E-state index contributed by atoms with van der Waals surface area (Å²) in [4.78, 5) is 17.1. The molecular formula is C24H18ClFN2O2S. The fourth-order valence-corrected chi connectivity index (χ4v) is 3.83. The molecule has 0 atom stereocenters. The summed E-state index contributed by atoms with van der Waals surface area (Å²) in [5.41, 5.74) is 3.65. The van der Waals surface area contributed by atoms with Crippen molar-refractivity contribution in [1.82, 2.24) is 5.32 Å². The molecule has 1 aliphatic heterocycles. The lowest BCUT2D eigenvalue weighted by Crippen LogP contribution is -2.19. The van der Waals surface area contributed by atoms with Crippen molar-refractivity contribution < 1.29 is 13.9 Å². The van der Waals surface area contributed by atoms with Crippen LogP contribution in [0.25, 0.3) is 6.08 Å². The Labute approximate surface area is 188 Å². The Kier molecular flexibility index (Phi) is 6.39. The van der Waals surface area contributed by atoms with E-state index in [4.69, 9.17) is 16.3 Å². The van der Waals surface area contributed by atoms with Gasteiger partial charge in [-0.05, 0) is 66.2 Å². The number of hydrogen-bond donors (Lipinski definition) is 1. The number of nitrogens with zero attached hydrogens (tertiary/aromatic N) is 1. The van der Waals surface area contributed by atoms with Gasteiger partial charge in [-0.3, -0.25) is 4.79 Å². The van der Waals surface area contributed by atoms with Crippen LogP contribution in [0.3, 0.4) is 0 Å². The highest BCUT2D eigenvalue weighted by atomic mass is 35.5. The van der Waals surface area contributed by atoms with Gasteiger partial charge < -0.3 is 10.1 Å². The van der Waals surface area contributed by atoms with Gasteiger partial charge in [-0.1, -0.05) is 53.6 Å². The molecule has 0 aromatic heterocycles. The molecule has 1 saturated heterocycles. The molecule has 0 bridgehead atoms. The van der Waals surface area contributed by atoms with Crippen molar-refractivity contribution in [1.29, 1.82) is 0 Å². The van der Waals surface area contributed by atoms with E-state index in [1.165, 1.54) is 35.5 Å². The van der Waals surface area contributed by atoms with E-state index in [0.29, 0.717) is 22.4 Å². The standard InChI is InChI=1S/C24H18ClFN2O2S/c1-15-2-4-17(5-3-15)14-30-19-9-6-16(7-10-19)12-22-23(29)28-24(31-22)27-18-8-11-21(26)20(25)13-18/h2-13H,14H2,1H3,(H,27,28,29). The smallest absolute Gasteiger partial charge is 0.264 e. The summed E-state index contributed by atoms with van der Waals surface area (Å²) in [6.45, 7) is 2.54. The minimum Gasteiger partial charge on any atom is -0.489 e. The van der Waals surface area contributed by atoms with Crippen molar-refractivity contribution in [3.8, 4) is 5.75 Å². The van der Waals surface area contributed by atoms with Crippen LogP contribution in [0, 0.1) is 12.7 Å². The minimum absolute atomic E-state index is 0.0170. The van der Waals surface area contributed by atoms with Crippen LogP contribution < -0.4 is 10.1 Å². The molecule has 0 radical (unpaired) electrons. The lowest BCUT2D eigenvalue weighted by Gasteiger charge is -2.07. The van der Waals surface area contributed by atoms with Crippen molar-refractivity contribution >= 4 is 46.2 Å². The van der Waals surface area contributed by atoms with Crippen LogP contribution in [0.4, 0.5) is 10.1 Å². The number of amidine groups is 1. The van der Waals surface area contributed by atoms with Crippen LogP contribution in [0.1, 0.15) is 16.7 Å². The molecule has 0 unspecified atom stereocenters. The first-order chi connectivity index (χ1) is 15.0. The van der Waals surface area contributed by atoms with E-state index in [-0.39, 0.29) is 10.9 Å². The predicted octanol–water partition coefficient (Wildman–Crippen LogP) is 6.26. The number of aliphatic imine (C=N–C) groups is 1. The second kappa shape index (κ2) is 9.37. The first-order valence-electron chi connectivity index (χ1n) is 9.49. The zero-order chi connectivity index (χ0) is 21.8. The Morgan fingerprint density at radius 1 is 1.10 bits per heavy atom. The molecule has 1 fully saturated rings. The molecule has 1 heterocycles. The first kappa shape index (κ1) is 21.2. The number of halogens is 2. The van der Waals surface area contributed by atoms with Crippen molar-refractivity contribution in [2.45, 2.75) is 13.5 Å². The number of aryl methyl sites for hydroxylation is 1. The van der Waals surface area contributed by atoms with E-state index in [0.717, 1.165) is 16.9 Å². The molecule has 7 heteroatoms. The number of carbonyl (C=O) groups excluding carboxylic acids is 1. The quantitative estimate of drug-likeness (QED) is 0.465. The molecule has 3 aromatic rings. The van der Waals surface area contributed by atoms with Gasteiger partial charge in [0.05, 0.1) is 15.6 Å². The zero-order valence-corrected chi connectivity index (χ0v) is 18.1. The normalized spacial score (nSPS) is 16.0. The molecule has 1 amide bonds. The molecule has 0 saturated carbocycles. The van der Waals surface area contributed by atoms with Crippen LogP contribution >= 0.6 is 23.4 Å². The minimum atomic E-state index is -0.513. The summed E-state index contributed by atoms with van der Waals surface area (Å²) < 4.78 is 19.1. The van der Waals surface area contributed by atoms with Crippen molar-refractivity contribution in [2.24, 2.45) is 4.99 Å². The summed E-state index contributed by atoms with van der Waals surface area (Å²) in [6.07, 6.45) is 1.78. The average Bonchev–Trinajstić information content (AvgIpc) is 3.10. The van der Waals surface area contributed by atoms with Crippen LogP contribution in [0.15, 0.2) is 76.6 Å². The molecular weight excluding hydrogens is 435 g/mol. The maximum Gasteiger partial charge on any atom is 0.264 e. The van der Waals surface area contributed by atoms with Crippen molar-refractivity contribution in [2.75, 3.05) is 0 Å². The lowest BCUT2D eigenvalue weighted by molar-refractivity contribution is -0.115. The fraction of sp³-hybridized carbons (Fsp3) is 0.0833. The fourth-order valence-electron chi connectivity index (χ4n) is 2.81. The first-order valence-corrected chi connectivity index (χ1v) is 10.7. The number of thioether (sulfide) groups is 1. The van der Waals surface area contributed by atoms with Crippen LogP contribution in [-0.4, -0.2) is 11.1 Å². The highest BCUT2D eigenvalue weighted by Gasteiger charge is 2.23. The molecule has 4 nitrogen and oxygen atoms in total. The van der Waals surface area contributed by atoms with Gasteiger partial charge in [0.15, 0.2) is 5.17 Å². The Morgan fingerprint density at radius 2 is 1.84 bits per heavy atom. The van der Waals surface area contributed by atoms with E-state index < -0.39 is 5.82 Å². The Bertz CT molecular complexity index is 1180. The molecule has 0 spiro atoms. The van der Waals surface area contributed by atoms with Crippen LogP contribution in [0.5, 0.6) is 5.75 Å². The second-order valence-electron chi connectivity index (χ2n) is 6.92. The third-order valence-corrected chi connectivity index (χ3v) is 5.69. The number of carbonyl (C=O) groups is 1. The van der Waals surface area contributed by atoms with Gasteiger partial charge in [0.1, 0.15) is 18.2 Å².